The van der Waals surface area contributed by atoms with E-state index in [9.17, 15) is 13.2 Å². The third kappa shape index (κ3) is 6.77. The van der Waals surface area contributed by atoms with Crippen molar-refractivity contribution in [2.75, 3.05) is 18.4 Å². The van der Waals surface area contributed by atoms with Crippen LogP contribution in [0.2, 0.25) is 5.02 Å². The molecule has 0 unspecified atom stereocenters. The summed E-state index contributed by atoms with van der Waals surface area (Å²) in [6, 6.07) is 10.7. The van der Waals surface area contributed by atoms with E-state index in [1.807, 2.05) is 0 Å². The maximum atomic E-state index is 12.6. The molecule has 0 saturated heterocycles. The van der Waals surface area contributed by atoms with Crippen LogP contribution in [0.25, 0.3) is 0 Å². The van der Waals surface area contributed by atoms with Crippen LogP contribution in [0.1, 0.15) is 38.5 Å². The molecular weight excluding hydrogens is 440 g/mol. The van der Waals surface area contributed by atoms with Crippen LogP contribution >= 0.6 is 11.6 Å². The van der Waals surface area contributed by atoms with Crippen LogP contribution in [0.15, 0.2) is 47.4 Å². The quantitative estimate of drug-likeness (QED) is 0.563. The van der Waals surface area contributed by atoms with Crippen LogP contribution in [0.5, 0.6) is 11.5 Å². The van der Waals surface area contributed by atoms with Gasteiger partial charge in [0.2, 0.25) is 0 Å². The van der Waals surface area contributed by atoms with Gasteiger partial charge in [-0.25, -0.2) is 8.42 Å². The summed E-state index contributed by atoms with van der Waals surface area (Å²) in [7, 11) is -2.32. The van der Waals surface area contributed by atoms with Crippen molar-refractivity contribution >= 4 is 33.2 Å². The number of sulfonamides is 1. The number of ether oxygens (including phenoxy) is 2. The molecule has 2 N–H and O–H groups in total. The fourth-order valence-electron chi connectivity index (χ4n) is 3.50. The van der Waals surface area contributed by atoms with Gasteiger partial charge in [0, 0.05) is 6.04 Å². The molecule has 2 aromatic carbocycles. The van der Waals surface area contributed by atoms with Crippen molar-refractivity contribution in [2.45, 2.75) is 49.5 Å². The van der Waals surface area contributed by atoms with Crippen molar-refractivity contribution in [1.82, 2.24) is 5.32 Å². The predicted molar refractivity (Wildman–Crippen MR) is 120 cm³/mol. The van der Waals surface area contributed by atoms with E-state index in [1.54, 1.807) is 12.1 Å². The molecule has 0 aliphatic heterocycles. The zero-order valence-electron chi connectivity index (χ0n) is 17.4. The largest absolute Gasteiger partial charge is 0.495 e. The second kappa shape index (κ2) is 10.7. The van der Waals surface area contributed by atoms with Crippen LogP contribution in [-0.4, -0.2) is 34.1 Å². The van der Waals surface area contributed by atoms with E-state index in [2.05, 4.69) is 10.0 Å². The van der Waals surface area contributed by atoms with Crippen molar-refractivity contribution < 1.29 is 22.7 Å². The van der Waals surface area contributed by atoms with Crippen LogP contribution in [0, 0.1) is 0 Å². The fourth-order valence-corrected chi connectivity index (χ4v) is 4.81. The number of carbonyl (C=O) groups excluding carboxylic acids is 1. The highest BCUT2D eigenvalue weighted by atomic mass is 35.5. The third-order valence-corrected chi connectivity index (χ3v) is 6.82. The molecule has 1 fully saturated rings. The van der Waals surface area contributed by atoms with Gasteiger partial charge in [-0.05, 0) is 55.3 Å². The average Bonchev–Trinajstić information content (AvgIpc) is 3.01. The number of benzene rings is 2. The normalized spacial score (nSPS) is 15.0. The molecule has 31 heavy (non-hydrogen) atoms. The molecule has 0 spiro atoms. The van der Waals surface area contributed by atoms with Gasteiger partial charge in [0.1, 0.15) is 11.5 Å². The van der Waals surface area contributed by atoms with Gasteiger partial charge in [-0.15, -0.1) is 0 Å². The Morgan fingerprint density at radius 1 is 1.06 bits per heavy atom. The van der Waals surface area contributed by atoms with E-state index in [1.165, 1.54) is 50.3 Å². The molecule has 9 heteroatoms. The minimum absolute atomic E-state index is 0.0645. The number of amides is 1. The predicted octanol–water partition coefficient (Wildman–Crippen LogP) is 4.37. The van der Waals surface area contributed by atoms with E-state index in [4.69, 9.17) is 21.1 Å². The molecule has 7 nitrogen and oxygen atoms in total. The average molecular weight is 467 g/mol. The summed E-state index contributed by atoms with van der Waals surface area (Å²) in [4.78, 5) is 12.2. The first-order valence-corrected chi connectivity index (χ1v) is 12.1. The Hall–Kier alpha value is -2.45. The van der Waals surface area contributed by atoms with E-state index in [0.29, 0.717) is 22.2 Å². The molecule has 1 aliphatic carbocycles. The van der Waals surface area contributed by atoms with E-state index >= 15 is 0 Å². The highest BCUT2D eigenvalue weighted by Gasteiger charge is 2.17. The number of nitrogens with one attached hydrogen (secondary N) is 2. The van der Waals surface area contributed by atoms with Crippen LogP contribution in [-0.2, 0) is 14.8 Å². The van der Waals surface area contributed by atoms with E-state index in [-0.39, 0.29) is 23.5 Å². The number of anilines is 1. The number of hydrogen-bond donors (Lipinski definition) is 2. The Kier molecular flexibility index (Phi) is 8.03. The molecule has 0 heterocycles. The van der Waals surface area contributed by atoms with E-state index < -0.39 is 10.0 Å². The first-order valence-electron chi connectivity index (χ1n) is 10.3. The molecule has 0 atom stereocenters. The number of methoxy groups -OCH3 is 1. The Labute approximate surface area is 188 Å². The first-order chi connectivity index (χ1) is 14.9. The van der Waals surface area contributed by atoms with Gasteiger partial charge in [0.25, 0.3) is 15.9 Å². The molecule has 1 aliphatic rings. The minimum Gasteiger partial charge on any atom is -0.495 e. The number of carbonyl (C=O) groups is 1. The van der Waals surface area contributed by atoms with Crippen molar-refractivity contribution in [3.63, 3.8) is 0 Å². The molecule has 0 aromatic heterocycles. The zero-order valence-corrected chi connectivity index (χ0v) is 19.0. The first kappa shape index (κ1) is 23.2. The van der Waals surface area contributed by atoms with Gasteiger partial charge in [0.15, 0.2) is 6.61 Å². The molecule has 168 valence electrons. The topological polar surface area (TPSA) is 93.7 Å². The lowest BCUT2D eigenvalue weighted by molar-refractivity contribution is -0.123. The number of halogens is 1. The molecule has 1 amide bonds. The highest BCUT2D eigenvalue weighted by molar-refractivity contribution is 7.92. The lowest BCUT2D eigenvalue weighted by Crippen LogP contribution is -2.37. The van der Waals surface area contributed by atoms with Crippen LogP contribution < -0.4 is 19.5 Å². The van der Waals surface area contributed by atoms with Crippen molar-refractivity contribution in [3.8, 4) is 11.5 Å². The summed E-state index contributed by atoms with van der Waals surface area (Å²) in [5, 5.41) is 3.31. The summed E-state index contributed by atoms with van der Waals surface area (Å²) in [6.07, 6.45) is 6.73. The lowest BCUT2D eigenvalue weighted by atomic mass is 10.1. The third-order valence-electron chi connectivity index (χ3n) is 5.13. The van der Waals surface area contributed by atoms with E-state index in [0.717, 1.165) is 25.7 Å². The van der Waals surface area contributed by atoms with Crippen molar-refractivity contribution in [1.29, 1.82) is 0 Å². The summed E-state index contributed by atoms with van der Waals surface area (Å²) in [5.41, 5.74) is 0.321. The Morgan fingerprint density at radius 2 is 1.74 bits per heavy atom. The lowest BCUT2D eigenvalue weighted by Gasteiger charge is -2.16. The van der Waals surface area contributed by atoms with Gasteiger partial charge in [-0.3, -0.25) is 9.52 Å². The highest BCUT2D eigenvalue weighted by Crippen LogP contribution is 2.28. The molecule has 1 saturated carbocycles. The molecule has 0 bridgehead atoms. The van der Waals surface area contributed by atoms with Gasteiger partial charge >= 0.3 is 0 Å². The zero-order chi connectivity index (χ0) is 22.3. The summed E-state index contributed by atoms with van der Waals surface area (Å²) < 4.78 is 38.3. The second-order valence-corrected chi connectivity index (χ2v) is 9.56. The SMILES string of the molecule is COc1ccc(NS(=O)(=O)c2ccc(OCC(=O)NC3CCCCCC3)cc2)cc1Cl. The summed E-state index contributed by atoms with van der Waals surface area (Å²) in [5.74, 6) is 0.707. The standard InChI is InChI=1S/C22H27ClN2O5S/c1-29-21-13-8-17(14-20(21)23)25-31(27,28)19-11-9-18(10-12-19)30-15-22(26)24-16-6-4-2-3-5-7-16/h8-14,16,25H,2-7,15H2,1H3,(H,24,26). The Morgan fingerprint density at radius 3 is 2.35 bits per heavy atom. The minimum atomic E-state index is -3.80. The summed E-state index contributed by atoms with van der Waals surface area (Å²) >= 11 is 6.05. The molecule has 3 rings (SSSR count). The maximum absolute atomic E-state index is 12.6. The monoisotopic (exact) mass is 466 g/mol. The van der Waals surface area contributed by atoms with Crippen LogP contribution in [0.4, 0.5) is 5.69 Å². The van der Waals surface area contributed by atoms with Gasteiger partial charge in [0.05, 0.1) is 22.7 Å². The Bertz CT molecular complexity index is 987. The summed E-state index contributed by atoms with van der Waals surface area (Å²) in [6.45, 7) is -0.106. The van der Waals surface area contributed by atoms with Crippen molar-refractivity contribution in [2.24, 2.45) is 0 Å². The number of rotatable bonds is 8. The molecule has 2 aromatic rings. The molecular formula is C22H27ClN2O5S. The van der Waals surface area contributed by atoms with Gasteiger partial charge in [-0.2, -0.15) is 0 Å². The number of hydrogen-bond acceptors (Lipinski definition) is 5. The molecule has 0 radical (unpaired) electrons. The second-order valence-electron chi connectivity index (χ2n) is 7.47. The Balaban J connectivity index is 1.55. The fraction of sp³-hybridized carbons (Fsp3) is 0.409. The van der Waals surface area contributed by atoms with Gasteiger partial charge < -0.3 is 14.8 Å². The van der Waals surface area contributed by atoms with Crippen LogP contribution in [0.3, 0.4) is 0 Å². The van der Waals surface area contributed by atoms with Crippen molar-refractivity contribution in [3.05, 3.63) is 47.5 Å². The van der Waals surface area contributed by atoms with Gasteiger partial charge in [-0.1, -0.05) is 37.3 Å². The maximum Gasteiger partial charge on any atom is 0.261 e. The smallest absolute Gasteiger partial charge is 0.261 e.